The molecule has 32 heavy (non-hydrogen) atoms. The maximum Gasteiger partial charge on any atom is 0.244 e. The van der Waals surface area contributed by atoms with Crippen LogP contribution in [0.25, 0.3) is 0 Å². The average Bonchev–Trinajstić information content (AvgIpc) is 2.82. The summed E-state index contributed by atoms with van der Waals surface area (Å²) < 4.78 is 32.6. The van der Waals surface area contributed by atoms with Crippen LogP contribution in [0, 0.1) is 23.2 Å². The van der Waals surface area contributed by atoms with Crippen molar-refractivity contribution in [2.75, 3.05) is 20.2 Å². The van der Waals surface area contributed by atoms with Crippen molar-refractivity contribution in [3.05, 3.63) is 59.7 Å². The van der Waals surface area contributed by atoms with Gasteiger partial charge in [0.1, 0.15) is 11.8 Å². The van der Waals surface area contributed by atoms with Gasteiger partial charge in [0.05, 0.1) is 23.6 Å². The van der Waals surface area contributed by atoms with Gasteiger partial charge in [-0.05, 0) is 48.6 Å². The Kier molecular flexibility index (Phi) is 7.54. The topological polar surface area (TPSA) is 99.5 Å². The predicted molar refractivity (Wildman–Crippen MR) is 121 cm³/mol. The molecule has 2 aromatic carbocycles. The third kappa shape index (κ3) is 5.12. The summed E-state index contributed by atoms with van der Waals surface area (Å²) in [5.74, 6) is 0.630. The highest BCUT2D eigenvalue weighted by Crippen LogP contribution is 2.28. The predicted octanol–water partition coefficient (Wildman–Crippen LogP) is 3.48. The van der Waals surface area contributed by atoms with Crippen LogP contribution in [-0.4, -0.2) is 38.8 Å². The van der Waals surface area contributed by atoms with Crippen LogP contribution in [0.1, 0.15) is 43.9 Å². The van der Waals surface area contributed by atoms with E-state index in [1.807, 2.05) is 30.3 Å². The summed E-state index contributed by atoms with van der Waals surface area (Å²) >= 11 is 0. The van der Waals surface area contributed by atoms with E-state index >= 15 is 0 Å². The van der Waals surface area contributed by atoms with Crippen molar-refractivity contribution >= 4 is 15.9 Å². The van der Waals surface area contributed by atoms with E-state index < -0.39 is 10.0 Å². The van der Waals surface area contributed by atoms with Crippen molar-refractivity contribution < 1.29 is 17.9 Å². The molecule has 1 aliphatic heterocycles. The molecule has 8 heteroatoms. The van der Waals surface area contributed by atoms with Gasteiger partial charge in [0.25, 0.3) is 0 Å². The number of carbonyl (C=O) groups excluding carboxylic acids is 1. The number of hydrogen-bond donors (Lipinski definition) is 1. The molecule has 7 nitrogen and oxygen atoms in total. The van der Waals surface area contributed by atoms with Gasteiger partial charge in [-0.2, -0.15) is 9.57 Å². The van der Waals surface area contributed by atoms with E-state index in [9.17, 15) is 18.5 Å². The molecule has 0 saturated carbocycles. The molecule has 170 valence electrons. The second-order valence-electron chi connectivity index (χ2n) is 8.29. The van der Waals surface area contributed by atoms with Gasteiger partial charge < -0.3 is 10.1 Å². The third-order valence-electron chi connectivity index (χ3n) is 5.89. The number of nitrogens with zero attached hydrogens (tertiary/aromatic N) is 2. The molecule has 0 radical (unpaired) electrons. The van der Waals surface area contributed by atoms with Crippen molar-refractivity contribution in [1.29, 1.82) is 5.26 Å². The summed E-state index contributed by atoms with van der Waals surface area (Å²) in [7, 11) is -2.16. The molecule has 1 unspecified atom stereocenters. The number of carbonyl (C=O) groups is 1. The Labute approximate surface area is 190 Å². The zero-order chi connectivity index (χ0) is 23.3. The first kappa shape index (κ1) is 23.8. The van der Waals surface area contributed by atoms with Crippen LogP contribution in [0.2, 0.25) is 0 Å². The number of rotatable bonds is 7. The van der Waals surface area contributed by atoms with Gasteiger partial charge in [0.2, 0.25) is 15.9 Å². The minimum Gasteiger partial charge on any atom is -0.497 e. The molecule has 1 fully saturated rings. The van der Waals surface area contributed by atoms with E-state index in [-0.39, 0.29) is 47.3 Å². The maximum atomic E-state index is 13.0. The molecule has 1 heterocycles. The standard InChI is InChI=1S/C24H29N3O4S/c1-17(2)23(18-8-10-21(31-3)11-9-18)26-24(28)19-12-14-27(15-13-19)32(29,30)22-7-5-4-6-20(22)16-25/h4-11,17,19,23H,12-15H2,1-3H3,(H,26,28). The summed E-state index contributed by atoms with van der Waals surface area (Å²) in [6.07, 6.45) is 0.875. The first-order valence-corrected chi connectivity index (χ1v) is 12.2. The van der Waals surface area contributed by atoms with Gasteiger partial charge in [0, 0.05) is 19.0 Å². The Balaban J connectivity index is 1.66. The molecule has 1 atom stereocenters. The number of piperidine rings is 1. The number of nitrogens with one attached hydrogen (secondary N) is 1. The Morgan fingerprint density at radius 3 is 2.31 bits per heavy atom. The Morgan fingerprint density at radius 1 is 1.12 bits per heavy atom. The van der Waals surface area contributed by atoms with Gasteiger partial charge >= 0.3 is 0 Å². The van der Waals surface area contributed by atoms with Crippen molar-refractivity contribution in [2.24, 2.45) is 11.8 Å². The van der Waals surface area contributed by atoms with Gasteiger partial charge in [-0.25, -0.2) is 8.42 Å². The number of amides is 1. The highest BCUT2D eigenvalue weighted by atomic mass is 32.2. The van der Waals surface area contributed by atoms with Crippen molar-refractivity contribution in [3.63, 3.8) is 0 Å². The fourth-order valence-corrected chi connectivity index (χ4v) is 5.61. The molecule has 2 aromatic rings. The normalized spacial score (nSPS) is 16.3. The molecular formula is C24H29N3O4S. The van der Waals surface area contributed by atoms with Crippen LogP contribution in [0.4, 0.5) is 0 Å². The Bertz CT molecular complexity index is 1080. The number of hydrogen-bond acceptors (Lipinski definition) is 5. The van der Waals surface area contributed by atoms with E-state index in [0.29, 0.717) is 12.8 Å². The summed E-state index contributed by atoms with van der Waals surface area (Å²) in [5, 5.41) is 12.4. The minimum absolute atomic E-state index is 0.0183. The Hall–Kier alpha value is -2.89. The molecule has 3 rings (SSSR count). The molecule has 0 aromatic heterocycles. The zero-order valence-electron chi connectivity index (χ0n) is 18.6. The molecular weight excluding hydrogens is 426 g/mol. The lowest BCUT2D eigenvalue weighted by atomic mass is 9.92. The SMILES string of the molecule is COc1ccc(C(NC(=O)C2CCN(S(=O)(=O)c3ccccc3C#N)CC2)C(C)C)cc1. The average molecular weight is 456 g/mol. The van der Waals surface area contributed by atoms with E-state index in [4.69, 9.17) is 4.74 Å². The van der Waals surface area contributed by atoms with Gasteiger partial charge in [-0.3, -0.25) is 4.79 Å². The highest BCUT2D eigenvalue weighted by Gasteiger charge is 2.34. The molecule has 1 amide bonds. The lowest BCUT2D eigenvalue weighted by Gasteiger charge is -2.32. The monoisotopic (exact) mass is 455 g/mol. The molecule has 1 saturated heterocycles. The van der Waals surface area contributed by atoms with Crippen LogP contribution < -0.4 is 10.1 Å². The summed E-state index contributed by atoms with van der Waals surface area (Å²) in [6.45, 7) is 4.60. The van der Waals surface area contributed by atoms with Crippen LogP contribution >= 0.6 is 0 Å². The number of nitriles is 1. The molecule has 1 N–H and O–H groups in total. The quantitative estimate of drug-likeness (QED) is 0.689. The summed E-state index contributed by atoms with van der Waals surface area (Å²) in [4.78, 5) is 13.0. The zero-order valence-corrected chi connectivity index (χ0v) is 19.4. The molecule has 1 aliphatic rings. The number of sulfonamides is 1. The van der Waals surface area contributed by atoms with E-state index in [1.54, 1.807) is 19.2 Å². The lowest BCUT2D eigenvalue weighted by Crippen LogP contribution is -2.44. The third-order valence-corrected chi connectivity index (χ3v) is 7.85. The molecule has 0 bridgehead atoms. The summed E-state index contributed by atoms with van der Waals surface area (Å²) in [6, 6.07) is 15.7. The highest BCUT2D eigenvalue weighted by molar-refractivity contribution is 7.89. The molecule has 0 aliphatic carbocycles. The number of methoxy groups -OCH3 is 1. The van der Waals surface area contributed by atoms with E-state index in [1.165, 1.54) is 16.4 Å². The number of benzene rings is 2. The summed E-state index contributed by atoms with van der Waals surface area (Å²) in [5.41, 5.74) is 1.13. The maximum absolute atomic E-state index is 13.0. The van der Waals surface area contributed by atoms with Gasteiger partial charge in [-0.15, -0.1) is 0 Å². The van der Waals surface area contributed by atoms with E-state index in [0.717, 1.165) is 11.3 Å². The second-order valence-corrected chi connectivity index (χ2v) is 10.2. The minimum atomic E-state index is -3.77. The fourth-order valence-electron chi connectivity index (χ4n) is 4.00. The fraction of sp³-hybridized carbons (Fsp3) is 0.417. The van der Waals surface area contributed by atoms with Crippen molar-refractivity contribution in [1.82, 2.24) is 9.62 Å². The van der Waals surface area contributed by atoms with Crippen molar-refractivity contribution in [2.45, 2.75) is 37.6 Å². The second kappa shape index (κ2) is 10.2. The van der Waals surface area contributed by atoms with E-state index in [2.05, 4.69) is 19.2 Å². The van der Waals surface area contributed by atoms with Crippen LogP contribution in [0.5, 0.6) is 5.75 Å². The Morgan fingerprint density at radius 2 is 1.75 bits per heavy atom. The first-order valence-electron chi connectivity index (χ1n) is 10.7. The number of ether oxygens (including phenoxy) is 1. The van der Waals surface area contributed by atoms with Crippen LogP contribution in [0.3, 0.4) is 0 Å². The van der Waals surface area contributed by atoms with Gasteiger partial charge in [0.15, 0.2) is 0 Å². The lowest BCUT2D eigenvalue weighted by molar-refractivity contribution is -0.127. The van der Waals surface area contributed by atoms with Gasteiger partial charge in [-0.1, -0.05) is 38.1 Å². The van der Waals surface area contributed by atoms with Crippen LogP contribution in [-0.2, 0) is 14.8 Å². The van der Waals surface area contributed by atoms with Crippen molar-refractivity contribution in [3.8, 4) is 11.8 Å². The molecule has 0 spiro atoms. The smallest absolute Gasteiger partial charge is 0.244 e. The van der Waals surface area contributed by atoms with Crippen LogP contribution in [0.15, 0.2) is 53.4 Å². The largest absolute Gasteiger partial charge is 0.497 e. The first-order chi connectivity index (χ1) is 15.3.